The molecule has 0 spiro atoms. The molecule has 0 bridgehead atoms. The first-order chi connectivity index (χ1) is 3.30. The largest absolute Gasteiger partial charge is 0.422 e. The standard InChI is InChI=1S/C5H9O2/c6-4-2-1-3-5(4)7/h2,4-7H,1,3H2/q-1. The molecular formula is C5H9O2-. The molecule has 2 nitrogen and oxygen atoms in total. The van der Waals surface area contributed by atoms with E-state index >= 15 is 0 Å². The van der Waals surface area contributed by atoms with Crippen molar-refractivity contribution < 1.29 is 10.2 Å². The van der Waals surface area contributed by atoms with Gasteiger partial charge in [-0.25, -0.2) is 0 Å². The van der Waals surface area contributed by atoms with E-state index in [1.807, 2.05) is 0 Å². The summed E-state index contributed by atoms with van der Waals surface area (Å²) >= 11 is 0. The molecule has 1 rings (SSSR count). The number of rotatable bonds is 0. The van der Waals surface area contributed by atoms with Crippen molar-refractivity contribution in [3.05, 3.63) is 6.42 Å². The van der Waals surface area contributed by atoms with Gasteiger partial charge in [0.1, 0.15) is 0 Å². The molecule has 0 heterocycles. The quantitative estimate of drug-likeness (QED) is 0.411. The van der Waals surface area contributed by atoms with Crippen molar-refractivity contribution in [2.45, 2.75) is 25.0 Å². The second-order valence-corrected chi connectivity index (χ2v) is 1.87. The van der Waals surface area contributed by atoms with Gasteiger partial charge in [-0.05, 0) is 6.10 Å². The zero-order chi connectivity index (χ0) is 5.28. The van der Waals surface area contributed by atoms with Gasteiger partial charge in [0.2, 0.25) is 0 Å². The van der Waals surface area contributed by atoms with Gasteiger partial charge in [-0.15, -0.1) is 0 Å². The van der Waals surface area contributed by atoms with Crippen molar-refractivity contribution in [2.75, 3.05) is 0 Å². The average Bonchev–Trinajstić information content (AvgIpc) is 1.91. The molecule has 0 aliphatic heterocycles. The summed E-state index contributed by atoms with van der Waals surface area (Å²) in [7, 11) is 0. The molecule has 1 aliphatic carbocycles. The summed E-state index contributed by atoms with van der Waals surface area (Å²) in [6.07, 6.45) is 2.26. The fraction of sp³-hybridized carbons (Fsp3) is 0.800. The van der Waals surface area contributed by atoms with Gasteiger partial charge < -0.3 is 10.2 Å². The maximum absolute atomic E-state index is 8.72. The Labute approximate surface area is 42.8 Å². The van der Waals surface area contributed by atoms with Crippen molar-refractivity contribution >= 4 is 0 Å². The zero-order valence-corrected chi connectivity index (χ0v) is 4.04. The summed E-state index contributed by atoms with van der Waals surface area (Å²) in [6.45, 7) is 0. The molecule has 2 N–H and O–H groups in total. The summed E-state index contributed by atoms with van der Waals surface area (Å²) in [6, 6.07) is 0. The summed E-state index contributed by atoms with van der Waals surface area (Å²) in [5.41, 5.74) is 0. The van der Waals surface area contributed by atoms with Crippen LogP contribution in [-0.2, 0) is 0 Å². The highest BCUT2D eigenvalue weighted by Crippen LogP contribution is 2.16. The van der Waals surface area contributed by atoms with Crippen LogP contribution in [0, 0.1) is 6.42 Å². The smallest absolute Gasteiger partial charge is 0.0495 e. The third kappa shape index (κ3) is 0.924. The molecule has 2 unspecified atom stereocenters. The van der Waals surface area contributed by atoms with Crippen molar-refractivity contribution in [3.63, 3.8) is 0 Å². The van der Waals surface area contributed by atoms with Crippen LogP contribution in [-0.4, -0.2) is 22.4 Å². The van der Waals surface area contributed by atoms with Crippen LogP contribution in [0.3, 0.4) is 0 Å². The van der Waals surface area contributed by atoms with Crippen LogP contribution in [0.15, 0.2) is 0 Å². The molecule has 2 atom stereocenters. The van der Waals surface area contributed by atoms with Crippen molar-refractivity contribution in [2.24, 2.45) is 0 Å². The topological polar surface area (TPSA) is 40.5 Å². The van der Waals surface area contributed by atoms with Crippen LogP contribution >= 0.6 is 0 Å². The van der Waals surface area contributed by atoms with Gasteiger partial charge >= 0.3 is 0 Å². The molecule has 42 valence electrons. The van der Waals surface area contributed by atoms with Gasteiger partial charge in [0, 0.05) is 6.10 Å². The first-order valence-corrected chi connectivity index (χ1v) is 2.50. The van der Waals surface area contributed by atoms with Gasteiger partial charge in [-0.2, -0.15) is 6.42 Å². The minimum atomic E-state index is -0.556. The molecule has 1 fully saturated rings. The number of aliphatic hydroxyl groups is 2. The van der Waals surface area contributed by atoms with E-state index in [0.717, 1.165) is 12.8 Å². The zero-order valence-electron chi connectivity index (χ0n) is 4.04. The number of aliphatic hydroxyl groups excluding tert-OH is 2. The molecule has 0 aromatic carbocycles. The first-order valence-electron chi connectivity index (χ1n) is 2.50. The Balaban J connectivity index is 2.33. The normalized spacial score (nSPS) is 42.0. The molecule has 0 radical (unpaired) electrons. The van der Waals surface area contributed by atoms with Gasteiger partial charge in [-0.3, -0.25) is 6.42 Å². The lowest BCUT2D eigenvalue weighted by Crippen LogP contribution is -2.17. The SMILES string of the molecule is OC1[CH-]CCC1O. The summed E-state index contributed by atoms with van der Waals surface area (Å²) in [5.74, 6) is 0. The Bertz CT molecular complexity index is 55.1. The van der Waals surface area contributed by atoms with Gasteiger partial charge in [0.15, 0.2) is 0 Å². The summed E-state index contributed by atoms with van der Waals surface area (Å²) in [4.78, 5) is 0. The summed E-state index contributed by atoms with van der Waals surface area (Å²) < 4.78 is 0. The first kappa shape index (κ1) is 5.06. The number of hydrogen-bond acceptors (Lipinski definition) is 2. The lowest BCUT2D eigenvalue weighted by Gasteiger charge is -2.11. The Hall–Kier alpha value is -0.0800. The van der Waals surface area contributed by atoms with Crippen LogP contribution < -0.4 is 0 Å². The van der Waals surface area contributed by atoms with Gasteiger partial charge in [0.05, 0.1) is 0 Å². The van der Waals surface area contributed by atoms with E-state index in [1.165, 1.54) is 0 Å². The number of hydrogen-bond donors (Lipinski definition) is 2. The third-order valence-electron chi connectivity index (χ3n) is 1.26. The lowest BCUT2D eigenvalue weighted by molar-refractivity contribution is 0.0587. The van der Waals surface area contributed by atoms with E-state index < -0.39 is 12.2 Å². The van der Waals surface area contributed by atoms with Crippen molar-refractivity contribution in [1.82, 2.24) is 0 Å². The molecule has 1 aliphatic rings. The van der Waals surface area contributed by atoms with E-state index in [4.69, 9.17) is 10.2 Å². The molecule has 0 amide bonds. The molecule has 1 saturated carbocycles. The predicted molar refractivity (Wildman–Crippen MR) is 25.5 cm³/mol. The fourth-order valence-electron chi connectivity index (χ4n) is 0.766. The monoisotopic (exact) mass is 101 g/mol. The maximum atomic E-state index is 8.72. The highest BCUT2D eigenvalue weighted by atomic mass is 16.3. The van der Waals surface area contributed by atoms with E-state index in [9.17, 15) is 0 Å². The summed E-state index contributed by atoms with van der Waals surface area (Å²) in [5, 5.41) is 17.4. The van der Waals surface area contributed by atoms with E-state index in [1.54, 1.807) is 6.42 Å². The Morgan fingerprint density at radius 2 is 2.14 bits per heavy atom. The van der Waals surface area contributed by atoms with E-state index in [0.29, 0.717) is 0 Å². The van der Waals surface area contributed by atoms with E-state index in [2.05, 4.69) is 0 Å². The minimum absolute atomic E-state index is 0.486. The van der Waals surface area contributed by atoms with Crippen molar-refractivity contribution in [3.8, 4) is 0 Å². The molecular weight excluding hydrogens is 92.1 g/mol. The van der Waals surface area contributed by atoms with Crippen LogP contribution in [0.4, 0.5) is 0 Å². The second kappa shape index (κ2) is 1.80. The Morgan fingerprint density at radius 3 is 2.29 bits per heavy atom. The molecule has 0 saturated heterocycles. The predicted octanol–water partition coefficient (Wildman–Crippen LogP) is -0.294. The second-order valence-electron chi connectivity index (χ2n) is 1.87. The minimum Gasteiger partial charge on any atom is -0.422 e. The Morgan fingerprint density at radius 1 is 1.43 bits per heavy atom. The highest BCUT2D eigenvalue weighted by molar-refractivity contribution is 4.89. The lowest BCUT2D eigenvalue weighted by atomic mass is 10.3. The van der Waals surface area contributed by atoms with Crippen LogP contribution in [0.5, 0.6) is 0 Å². The van der Waals surface area contributed by atoms with Gasteiger partial charge in [0.25, 0.3) is 0 Å². The van der Waals surface area contributed by atoms with Crippen LogP contribution in [0.2, 0.25) is 0 Å². The Kier molecular flexibility index (Phi) is 1.30. The van der Waals surface area contributed by atoms with E-state index in [-0.39, 0.29) is 0 Å². The maximum Gasteiger partial charge on any atom is 0.0495 e. The fourth-order valence-corrected chi connectivity index (χ4v) is 0.766. The highest BCUT2D eigenvalue weighted by Gasteiger charge is 2.12. The third-order valence-corrected chi connectivity index (χ3v) is 1.26. The molecule has 0 aromatic heterocycles. The van der Waals surface area contributed by atoms with Crippen molar-refractivity contribution in [1.29, 1.82) is 0 Å². The van der Waals surface area contributed by atoms with Crippen LogP contribution in [0.1, 0.15) is 12.8 Å². The average molecular weight is 101 g/mol. The molecule has 7 heavy (non-hydrogen) atoms. The van der Waals surface area contributed by atoms with Gasteiger partial charge in [-0.1, -0.05) is 6.42 Å². The molecule has 2 heteroatoms. The molecule has 0 aromatic rings. The van der Waals surface area contributed by atoms with Crippen LogP contribution in [0.25, 0.3) is 0 Å².